The Kier molecular flexibility index (Phi) is 3.17. The number of hydrogen-bond acceptors (Lipinski definition) is 5. The van der Waals surface area contributed by atoms with Crippen molar-refractivity contribution in [2.24, 2.45) is 0 Å². The molecule has 1 aromatic rings. The van der Waals surface area contributed by atoms with Crippen molar-refractivity contribution in [1.29, 1.82) is 0 Å². The summed E-state index contributed by atoms with van der Waals surface area (Å²) in [7, 11) is 1.78. The second-order valence-electron chi connectivity index (χ2n) is 5.14. The highest BCUT2D eigenvalue weighted by Gasteiger charge is 2.32. The summed E-state index contributed by atoms with van der Waals surface area (Å²) >= 11 is 0. The van der Waals surface area contributed by atoms with E-state index in [1.54, 1.807) is 24.1 Å². The molecule has 6 heteroatoms. The van der Waals surface area contributed by atoms with Gasteiger partial charge in [-0.3, -0.25) is 4.79 Å². The number of carbonyl (C=O) groups excluding carboxylic acids is 1. The third-order valence-electron chi connectivity index (χ3n) is 3.93. The van der Waals surface area contributed by atoms with E-state index in [0.29, 0.717) is 29.4 Å². The van der Waals surface area contributed by atoms with Crippen LogP contribution in [0.25, 0.3) is 0 Å². The van der Waals surface area contributed by atoms with Crippen LogP contribution in [0.5, 0.6) is 11.5 Å². The van der Waals surface area contributed by atoms with E-state index in [4.69, 9.17) is 19.9 Å². The van der Waals surface area contributed by atoms with Crippen molar-refractivity contribution in [1.82, 2.24) is 4.90 Å². The quantitative estimate of drug-likeness (QED) is 0.824. The van der Waals surface area contributed by atoms with Crippen molar-refractivity contribution in [2.45, 2.75) is 25.5 Å². The van der Waals surface area contributed by atoms with E-state index < -0.39 is 0 Å². The number of nitrogen functional groups attached to an aromatic ring is 1. The molecule has 1 fully saturated rings. The zero-order valence-electron chi connectivity index (χ0n) is 11.6. The van der Waals surface area contributed by atoms with Crippen molar-refractivity contribution in [3.05, 3.63) is 17.7 Å². The third kappa shape index (κ3) is 2.06. The van der Waals surface area contributed by atoms with Gasteiger partial charge in [-0.1, -0.05) is 0 Å². The van der Waals surface area contributed by atoms with Crippen LogP contribution in [0.1, 0.15) is 23.7 Å². The monoisotopic (exact) mass is 278 g/mol. The van der Waals surface area contributed by atoms with Crippen LogP contribution in [0.15, 0.2) is 12.1 Å². The van der Waals surface area contributed by atoms with Gasteiger partial charge in [0.1, 0.15) is 0 Å². The maximum Gasteiger partial charge on any atom is 0.256 e. The molecule has 108 valence electrons. The number of rotatable bonds is 2. The summed E-state index contributed by atoms with van der Waals surface area (Å²) < 4.78 is 16.0. The van der Waals surface area contributed by atoms with Crippen molar-refractivity contribution < 1.29 is 19.0 Å². The molecule has 0 aromatic heterocycles. The number of ether oxygens (including phenoxy) is 3. The smallest absolute Gasteiger partial charge is 0.256 e. The number of nitrogens with two attached hydrogens (primary N) is 1. The number of likely N-dealkylation sites (N-methyl/N-ethyl adjacent to an activating group) is 1. The molecule has 1 saturated heterocycles. The molecule has 2 aliphatic rings. The van der Waals surface area contributed by atoms with Gasteiger partial charge < -0.3 is 24.8 Å². The molecule has 1 aromatic carbocycles. The first-order valence-electron chi connectivity index (χ1n) is 6.66. The number of benzene rings is 1. The first-order valence-corrected chi connectivity index (χ1v) is 6.66. The number of hydrogen-bond donors (Lipinski definition) is 1. The Morgan fingerprint density at radius 2 is 2.05 bits per heavy atom. The molecule has 0 spiro atoms. The average Bonchev–Trinajstić information content (AvgIpc) is 3.04. The first kappa shape index (κ1) is 13.1. The molecule has 0 bridgehead atoms. The fourth-order valence-electron chi connectivity index (χ4n) is 2.71. The fourth-order valence-corrected chi connectivity index (χ4v) is 2.71. The molecule has 2 N–H and O–H groups in total. The Hall–Kier alpha value is -1.95. The highest BCUT2D eigenvalue weighted by molar-refractivity contribution is 6.00. The van der Waals surface area contributed by atoms with Crippen LogP contribution in [0.2, 0.25) is 0 Å². The number of carbonyl (C=O) groups is 1. The number of fused-ring (bicyclic) bond motifs is 1. The Morgan fingerprint density at radius 1 is 1.35 bits per heavy atom. The van der Waals surface area contributed by atoms with Crippen molar-refractivity contribution in [3.63, 3.8) is 0 Å². The van der Waals surface area contributed by atoms with Gasteiger partial charge in [0.2, 0.25) is 6.79 Å². The zero-order chi connectivity index (χ0) is 14.3. The molecule has 1 amide bonds. The lowest BCUT2D eigenvalue weighted by Gasteiger charge is -2.27. The molecule has 2 heterocycles. The summed E-state index contributed by atoms with van der Waals surface area (Å²) in [4.78, 5) is 14.3. The van der Waals surface area contributed by atoms with Crippen molar-refractivity contribution in [3.8, 4) is 11.5 Å². The minimum absolute atomic E-state index is 0.0409. The van der Waals surface area contributed by atoms with Crippen molar-refractivity contribution >= 4 is 11.6 Å². The molecule has 0 saturated carbocycles. The van der Waals surface area contributed by atoms with Crippen LogP contribution in [-0.2, 0) is 4.74 Å². The number of amides is 1. The summed E-state index contributed by atoms with van der Waals surface area (Å²) in [5.74, 6) is 1.02. The van der Waals surface area contributed by atoms with Crippen LogP contribution < -0.4 is 15.2 Å². The van der Waals surface area contributed by atoms with Gasteiger partial charge in [-0.25, -0.2) is 0 Å². The number of nitrogens with zero attached hydrogens (tertiary/aromatic N) is 1. The van der Waals surface area contributed by atoms with Gasteiger partial charge >= 0.3 is 0 Å². The highest BCUT2D eigenvalue weighted by atomic mass is 16.7. The van der Waals surface area contributed by atoms with Gasteiger partial charge in [-0.05, 0) is 19.4 Å². The maximum atomic E-state index is 12.6. The second kappa shape index (κ2) is 4.86. The third-order valence-corrected chi connectivity index (χ3v) is 3.93. The summed E-state index contributed by atoms with van der Waals surface area (Å²) in [5.41, 5.74) is 6.79. The summed E-state index contributed by atoms with van der Waals surface area (Å²) in [6.45, 7) is 2.82. The molecule has 0 aliphatic carbocycles. The predicted molar refractivity (Wildman–Crippen MR) is 72.9 cm³/mol. The van der Waals surface area contributed by atoms with Crippen LogP contribution in [0, 0.1) is 0 Å². The minimum Gasteiger partial charge on any atom is -0.454 e. The molecule has 3 rings (SSSR count). The van der Waals surface area contributed by atoms with E-state index >= 15 is 0 Å². The van der Waals surface area contributed by atoms with Gasteiger partial charge in [0.25, 0.3) is 5.91 Å². The maximum absolute atomic E-state index is 12.6. The van der Waals surface area contributed by atoms with E-state index in [1.165, 1.54) is 0 Å². The molecular weight excluding hydrogens is 260 g/mol. The van der Waals surface area contributed by atoms with Gasteiger partial charge in [-0.15, -0.1) is 0 Å². The standard InChI is InChI=1S/C14H18N2O4/c1-8-11(3-4-18-8)16(2)14(17)9-5-12-13(6-10(9)15)20-7-19-12/h5-6,8,11H,3-4,7,15H2,1-2H3. The molecule has 2 aliphatic heterocycles. The second-order valence-corrected chi connectivity index (χ2v) is 5.14. The normalized spacial score (nSPS) is 23.9. The Bertz CT molecular complexity index is 546. The summed E-state index contributed by atoms with van der Waals surface area (Å²) in [6.07, 6.45) is 0.882. The van der Waals surface area contributed by atoms with E-state index in [-0.39, 0.29) is 24.8 Å². The lowest BCUT2D eigenvalue weighted by atomic mass is 10.1. The molecule has 2 unspecified atom stereocenters. The lowest BCUT2D eigenvalue weighted by Crippen LogP contribution is -2.41. The average molecular weight is 278 g/mol. The van der Waals surface area contributed by atoms with E-state index in [2.05, 4.69) is 0 Å². The Morgan fingerprint density at radius 3 is 2.70 bits per heavy atom. The molecule has 2 atom stereocenters. The van der Waals surface area contributed by atoms with Gasteiger partial charge in [-0.2, -0.15) is 0 Å². The number of anilines is 1. The van der Waals surface area contributed by atoms with Crippen LogP contribution in [0.4, 0.5) is 5.69 Å². The lowest BCUT2D eigenvalue weighted by molar-refractivity contribution is 0.0575. The topological polar surface area (TPSA) is 74.0 Å². The Labute approximate surface area is 117 Å². The molecular formula is C14H18N2O4. The molecule has 0 radical (unpaired) electrons. The Balaban J connectivity index is 1.87. The molecule has 6 nitrogen and oxygen atoms in total. The van der Waals surface area contributed by atoms with Crippen LogP contribution in [0.3, 0.4) is 0 Å². The SMILES string of the molecule is CC1OCCC1N(C)C(=O)c1cc2c(cc1N)OCO2. The summed E-state index contributed by atoms with van der Waals surface area (Å²) in [6, 6.07) is 3.36. The van der Waals surface area contributed by atoms with Crippen LogP contribution >= 0.6 is 0 Å². The van der Waals surface area contributed by atoms with E-state index in [1.807, 2.05) is 6.92 Å². The minimum atomic E-state index is -0.122. The van der Waals surface area contributed by atoms with Gasteiger partial charge in [0.15, 0.2) is 11.5 Å². The van der Waals surface area contributed by atoms with Crippen LogP contribution in [-0.4, -0.2) is 43.4 Å². The zero-order valence-corrected chi connectivity index (χ0v) is 11.6. The molecule has 20 heavy (non-hydrogen) atoms. The van der Waals surface area contributed by atoms with E-state index in [0.717, 1.165) is 6.42 Å². The first-order chi connectivity index (χ1) is 9.58. The van der Waals surface area contributed by atoms with E-state index in [9.17, 15) is 4.79 Å². The van der Waals surface area contributed by atoms with Gasteiger partial charge in [0, 0.05) is 25.4 Å². The summed E-state index contributed by atoms with van der Waals surface area (Å²) in [5, 5.41) is 0. The highest BCUT2D eigenvalue weighted by Crippen LogP contribution is 2.36. The van der Waals surface area contributed by atoms with Crippen molar-refractivity contribution in [2.75, 3.05) is 26.2 Å². The largest absolute Gasteiger partial charge is 0.454 e. The fraction of sp³-hybridized carbons (Fsp3) is 0.500. The van der Waals surface area contributed by atoms with Gasteiger partial charge in [0.05, 0.1) is 17.7 Å². The predicted octanol–water partition coefficient (Wildman–Crippen LogP) is 1.25.